The normalized spacial score (nSPS) is 13.3. The Morgan fingerprint density at radius 3 is 1.07 bits per heavy atom. The Balaban J connectivity index is 3.43. The molecule has 0 rings (SSSR count). The first-order valence-corrected chi connectivity index (χ1v) is 25.4. The SMILES string of the molecule is CCCC/C=C/CC/C=C/CC/C=C/C(O)C(CO)NC(=O)CCCCCCCCCCCCCCCCCCCCCCC/C=C\CCCCCCCCCC. The molecule has 0 aromatic carbocycles. The van der Waals surface area contributed by atoms with Crippen molar-refractivity contribution < 1.29 is 15.0 Å². The molecule has 4 heteroatoms. The van der Waals surface area contributed by atoms with Gasteiger partial charge >= 0.3 is 0 Å². The number of aliphatic hydroxyl groups is 2. The van der Waals surface area contributed by atoms with Crippen LogP contribution < -0.4 is 5.32 Å². The van der Waals surface area contributed by atoms with Crippen LogP contribution in [0.15, 0.2) is 48.6 Å². The van der Waals surface area contributed by atoms with Crippen molar-refractivity contribution in [1.82, 2.24) is 5.32 Å². The molecule has 0 spiro atoms. The highest BCUT2D eigenvalue weighted by Gasteiger charge is 2.17. The van der Waals surface area contributed by atoms with E-state index in [1.807, 2.05) is 6.08 Å². The molecule has 4 nitrogen and oxygen atoms in total. The Morgan fingerprint density at radius 2 is 0.702 bits per heavy atom. The van der Waals surface area contributed by atoms with E-state index in [1.165, 1.54) is 205 Å². The van der Waals surface area contributed by atoms with Gasteiger partial charge in [-0.3, -0.25) is 4.79 Å². The lowest BCUT2D eigenvalue weighted by atomic mass is 10.0. The fourth-order valence-electron chi connectivity index (χ4n) is 7.60. The molecular weight excluding hydrogens is 699 g/mol. The van der Waals surface area contributed by atoms with Crippen molar-refractivity contribution in [2.24, 2.45) is 0 Å². The zero-order chi connectivity index (χ0) is 41.4. The molecule has 0 saturated carbocycles. The first-order chi connectivity index (χ1) is 28.2. The molecule has 0 bridgehead atoms. The van der Waals surface area contributed by atoms with Crippen molar-refractivity contribution in [3.05, 3.63) is 48.6 Å². The second kappa shape index (κ2) is 48.7. The smallest absolute Gasteiger partial charge is 0.220 e. The van der Waals surface area contributed by atoms with Gasteiger partial charge in [0.15, 0.2) is 0 Å². The van der Waals surface area contributed by atoms with Crippen LogP contribution in [-0.2, 0) is 4.79 Å². The lowest BCUT2D eigenvalue weighted by molar-refractivity contribution is -0.123. The molecule has 0 saturated heterocycles. The van der Waals surface area contributed by atoms with Gasteiger partial charge in [0.1, 0.15) is 0 Å². The van der Waals surface area contributed by atoms with Crippen LogP contribution >= 0.6 is 0 Å². The average Bonchev–Trinajstić information content (AvgIpc) is 3.22. The van der Waals surface area contributed by atoms with Crippen LogP contribution in [0.25, 0.3) is 0 Å². The average molecular weight is 798 g/mol. The van der Waals surface area contributed by atoms with Crippen molar-refractivity contribution in [3.63, 3.8) is 0 Å². The molecule has 3 N–H and O–H groups in total. The van der Waals surface area contributed by atoms with Gasteiger partial charge in [0.05, 0.1) is 18.8 Å². The Bertz CT molecular complexity index is 908. The molecular formula is C53H99NO3. The van der Waals surface area contributed by atoms with Crippen molar-refractivity contribution in [1.29, 1.82) is 0 Å². The molecule has 2 unspecified atom stereocenters. The van der Waals surface area contributed by atoms with Gasteiger partial charge < -0.3 is 15.5 Å². The third-order valence-corrected chi connectivity index (χ3v) is 11.5. The fourth-order valence-corrected chi connectivity index (χ4v) is 7.60. The van der Waals surface area contributed by atoms with E-state index in [0.717, 1.165) is 38.5 Å². The number of unbranched alkanes of at least 4 members (excludes halogenated alkanes) is 33. The van der Waals surface area contributed by atoms with Gasteiger partial charge in [-0.05, 0) is 64.2 Å². The van der Waals surface area contributed by atoms with Crippen molar-refractivity contribution in [2.45, 2.75) is 276 Å². The molecule has 0 fully saturated rings. The summed E-state index contributed by atoms with van der Waals surface area (Å²) in [5.41, 5.74) is 0. The molecule has 0 aromatic heterocycles. The fraction of sp³-hybridized carbons (Fsp3) is 0.830. The minimum atomic E-state index is -0.868. The van der Waals surface area contributed by atoms with Crippen LogP contribution in [-0.4, -0.2) is 34.9 Å². The van der Waals surface area contributed by atoms with Crippen LogP contribution in [0, 0.1) is 0 Å². The summed E-state index contributed by atoms with van der Waals surface area (Å²) < 4.78 is 0. The first-order valence-electron chi connectivity index (χ1n) is 25.4. The number of carbonyl (C=O) groups excluding carboxylic acids is 1. The first kappa shape index (κ1) is 55.4. The molecule has 0 aromatic rings. The maximum Gasteiger partial charge on any atom is 0.220 e. The molecule has 0 heterocycles. The standard InChI is InChI=1S/C53H99NO3/c1-3-5-7-9-11-13-15-17-18-19-20-21-22-23-24-25-26-27-28-29-30-31-32-33-34-35-36-37-39-41-43-45-47-49-53(57)54-51(50-55)52(56)48-46-44-42-40-38-16-14-12-10-8-6-4-2/h10,12,19-20,38,40,46,48,51-52,55-56H,3-9,11,13-18,21-37,39,41-45,47,49-50H2,1-2H3,(H,54,57)/b12-10+,20-19-,40-38+,48-46+. The molecule has 0 aliphatic rings. The number of hydrogen-bond acceptors (Lipinski definition) is 3. The maximum absolute atomic E-state index is 12.4. The number of aliphatic hydroxyl groups excluding tert-OH is 2. The Labute approximate surface area is 356 Å². The van der Waals surface area contributed by atoms with E-state index in [9.17, 15) is 15.0 Å². The van der Waals surface area contributed by atoms with E-state index >= 15 is 0 Å². The second-order valence-electron chi connectivity index (χ2n) is 17.2. The number of nitrogens with one attached hydrogen (secondary N) is 1. The summed E-state index contributed by atoms with van der Waals surface area (Å²) >= 11 is 0. The quantitative estimate of drug-likeness (QED) is 0.0424. The molecule has 334 valence electrons. The maximum atomic E-state index is 12.4. The number of amides is 1. The minimum absolute atomic E-state index is 0.0766. The summed E-state index contributed by atoms with van der Waals surface area (Å²) in [6.45, 7) is 4.25. The van der Waals surface area contributed by atoms with Gasteiger partial charge in [0.25, 0.3) is 0 Å². The van der Waals surface area contributed by atoms with Crippen molar-refractivity contribution in [3.8, 4) is 0 Å². The molecule has 0 aliphatic carbocycles. The third-order valence-electron chi connectivity index (χ3n) is 11.5. The summed E-state index contributed by atoms with van der Waals surface area (Å²) in [6.07, 6.45) is 67.0. The van der Waals surface area contributed by atoms with Gasteiger partial charge in [-0.15, -0.1) is 0 Å². The highest BCUT2D eigenvalue weighted by atomic mass is 16.3. The van der Waals surface area contributed by atoms with E-state index in [1.54, 1.807) is 6.08 Å². The second-order valence-corrected chi connectivity index (χ2v) is 17.2. The van der Waals surface area contributed by atoms with Crippen LogP contribution in [0.3, 0.4) is 0 Å². The summed E-state index contributed by atoms with van der Waals surface area (Å²) in [6, 6.07) is -0.643. The number of carbonyl (C=O) groups is 1. The van der Waals surface area contributed by atoms with Gasteiger partial charge in [-0.25, -0.2) is 0 Å². The van der Waals surface area contributed by atoms with E-state index in [-0.39, 0.29) is 12.5 Å². The van der Waals surface area contributed by atoms with Crippen LogP contribution in [0.4, 0.5) is 0 Å². The van der Waals surface area contributed by atoms with Crippen LogP contribution in [0.5, 0.6) is 0 Å². The summed E-state index contributed by atoms with van der Waals surface area (Å²) in [4.78, 5) is 12.4. The molecule has 1 amide bonds. The topological polar surface area (TPSA) is 69.6 Å². The highest BCUT2D eigenvalue weighted by molar-refractivity contribution is 5.76. The van der Waals surface area contributed by atoms with Gasteiger partial charge in [0.2, 0.25) is 5.91 Å². The Hall–Kier alpha value is -1.65. The molecule has 2 atom stereocenters. The number of rotatable bonds is 46. The van der Waals surface area contributed by atoms with E-state index in [0.29, 0.717) is 6.42 Å². The summed E-state index contributed by atoms with van der Waals surface area (Å²) in [5.74, 6) is -0.0766. The van der Waals surface area contributed by atoms with Gasteiger partial charge in [-0.2, -0.15) is 0 Å². The van der Waals surface area contributed by atoms with Crippen LogP contribution in [0.1, 0.15) is 264 Å². The predicted octanol–water partition coefficient (Wildman–Crippen LogP) is 16.3. The largest absolute Gasteiger partial charge is 0.394 e. The molecule has 0 radical (unpaired) electrons. The van der Waals surface area contributed by atoms with Crippen LogP contribution in [0.2, 0.25) is 0 Å². The van der Waals surface area contributed by atoms with E-state index in [2.05, 4.69) is 55.6 Å². The van der Waals surface area contributed by atoms with Crippen molar-refractivity contribution >= 4 is 5.91 Å². The van der Waals surface area contributed by atoms with E-state index < -0.39 is 12.1 Å². The zero-order valence-electron chi connectivity index (χ0n) is 38.4. The minimum Gasteiger partial charge on any atom is -0.394 e. The van der Waals surface area contributed by atoms with Gasteiger partial charge in [-0.1, -0.05) is 242 Å². The summed E-state index contributed by atoms with van der Waals surface area (Å²) in [5, 5.41) is 23.0. The number of allylic oxidation sites excluding steroid dienone is 7. The molecule has 57 heavy (non-hydrogen) atoms. The third kappa shape index (κ3) is 45.3. The number of hydrogen-bond donors (Lipinski definition) is 3. The Morgan fingerprint density at radius 1 is 0.404 bits per heavy atom. The predicted molar refractivity (Wildman–Crippen MR) is 253 cm³/mol. The van der Waals surface area contributed by atoms with Crippen molar-refractivity contribution in [2.75, 3.05) is 6.61 Å². The molecule has 0 aliphatic heterocycles. The Kier molecular flexibility index (Phi) is 47.3. The summed E-state index contributed by atoms with van der Waals surface area (Å²) in [7, 11) is 0. The lowest BCUT2D eigenvalue weighted by Crippen LogP contribution is -2.45. The monoisotopic (exact) mass is 798 g/mol. The van der Waals surface area contributed by atoms with E-state index in [4.69, 9.17) is 0 Å². The van der Waals surface area contributed by atoms with Gasteiger partial charge in [0, 0.05) is 6.42 Å². The lowest BCUT2D eigenvalue weighted by Gasteiger charge is -2.19. The highest BCUT2D eigenvalue weighted by Crippen LogP contribution is 2.16. The zero-order valence-corrected chi connectivity index (χ0v) is 38.4.